The predicted octanol–water partition coefficient (Wildman–Crippen LogP) is 2.98. The van der Waals surface area contributed by atoms with E-state index in [0.29, 0.717) is 13.1 Å². The van der Waals surface area contributed by atoms with Crippen molar-refractivity contribution < 1.29 is 9.32 Å². The Kier molecular flexibility index (Phi) is 11.1. The van der Waals surface area contributed by atoms with E-state index in [1.807, 2.05) is 0 Å². The first-order valence-corrected chi connectivity index (χ1v) is 11.5. The molecule has 8 nitrogen and oxygen atoms in total. The predicted molar refractivity (Wildman–Crippen MR) is 141 cm³/mol. The van der Waals surface area contributed by atoms with Crippen LogP contribution in [0.25, 0.3) is 0 Å². The Morgan fingerprint density at radius 1 is 1.24 bits per heavy atom. The fourth-order valence-corrected chi connectivity index (χ4v) is 4.24. The molecular weight excluding hydrogens is 531 g/mol. The van der Waals surface area contributed by atoms with Crippen molar-refractivity contribution in [2.24, 2.45) is 16.6 Å². The van der Waals surface area contributed by atoms with Crippen molar-refractivity contribution >= 4 is 35.8 Å². The Balaban J connectivity index is 0.00000385. The Hall–Kier alpha value is -2.14. The van der Waals surface area contributed by atoms with Crippen molar-refractivity contribution in [1.82, 2.24) is 20.7 Å². The van der Waals surface area contributed by atoms with Gasteiger partial charge in [0.1, 0.15) is 5.76 Å². The van der Waals surface area contributed by atoms with Gasteiger partial charge in [-0.25, -0.2) is 0 Å². The number of aromatic nitrogens is 1. The number of rotatable bonds is 9. The molecule has 2 heterocycles. The Labute approximate surface area is 213 Å². The van der Waals surface area contributed by atoms with Gasteiger partial charge < -0.3 is 20.9 Å². The van der Waals surface area contributed by atoms with Gasteiger partial charge in [0.25, 0.3) is 0 Å². The van der Waals surface area contributed by atoms with Crippen LogP contribution in [-0.2, 0) is 37.3 Å². The minimum atomic E-state index is -0.185. The fraction of sp³-hybridized carbons (Fsp3) is 0.542. The van der Waals surface area contributed by atoms with Crippen LogP contribution in [0.4, 0.5) is 0 Å². The number of primary amides is 1. The van der Waals surface area contributed by atoms with E-state index in [0.717, 1.165) is 68.3 Å². The summed E-state index contributed by atoms with van der Waals surface area (Å²) >= 11 is 0. The average Bonchev–Trinajstić information content (AvgIpc) is 3.21. The monoisotopic (exact) mass is 568 g/mol. The number of aryl methyl sites for hydroxylation is 2. The van der Waals surface area contributed by atoms with Gasteiger partial charge in [0.05, 0.1) is 11.6 Å². The van der Waals surface area contributed by atoms with Crippen LogP contribution in [0.15, 0.2) is 33.8 Å². The lowest BCUT2D eigenvalue weighted by Gasteiger charge is -2.31. The number of nitrogens with one attached hydrogen (secondary N) is 2. The number of amides is 1. The van der Waals surface area contributed by atoms with Crippen LogP contribution < -0.4 is 16.4 Å². The summed E-state index contributed by atoms with van der Waals surface area (Å²) in [6.45, 7) is 8.04. The fourth-order valence-electron chi connectivity index (χ4n) is 4.24. The SMILES string of the molecule is CCc1noc(CC)c1CNC(=NC)NCc1cccc(CN2CCCC(C(N)=O)C2)c1.I. The molecule has 33 heavy (non-hydrogen) atoms. The maximum atomic E-state index is 11.5. The quantitative estimate of drug-likeness (QED) is 0.244. The molecule has 0 radical (unpaired) electrons. The molecule has 1 unspecified atom stereocenters. The summed E-state index contributed by atoms with van der Waals surface area (Å²) in [5, 5.41) is 10.9. The highest BCUT2D eigenvalue weighted by Crippen LogP contribution is 2.19. The Morgan fingerprint density at radius 2 is 2.00 bits per heavy atom. The first kappa shape index (κ1) is 27.1. The van der Waals surface area contributed by atoms with Crippen LogP contribution in [0.3, 0.4) is 0 Å². The molecule has 1 fully saturated rings. The van der Waals surface area contributed by atoms with Gasteiger partial charge in [-0.3, -0.25) is 14.7 Å². The van der Waals surface area contributed by atoms with Crippen molar-refractivity contribution in [2.75, 3.05) is 20.1 Å². The van der Waals surface area contributed by atoms with Crippen LogP contribution in [0.5, 0.6) is 0 Å². The van der Waals surface area contributed by atoms with Crippen molar-refractivity contribution in [1.29, 1.82) is 0 Å². The third kappa shape index (κ3) is 7.70. The van der Waals surface area contributed by atoms with E-state index in [1.165, 1.54) is 11.1 Å². The highest BCUT2D eigenvalue weighted by Gasteiger charge is 2.23. The molecule has 1 aliphatic heterocycles. The number of likely N-dealkylation sites (tertiary alicyclic amines) is 1. The number of nitrogens with zero attached hydrogens (tertiary/aromatic N) is 3. The van der Waals surface area contributed by atoms with E-state index in [1.54, 1.807) is 7.05 Å². The molecule has 1 aromatic heterocycles. The molecule has 1 saturated heterocycles. The number of nitrogens with two attached hydrogens (primary N) is 1. The molecule has 1 aliphatic rings. The highest BCUT2D eigenvalue weighted by molar-refractivity contribution is 14.0. The molecule has 4 N–H and O–H groups in total. The standard InChI is InChI=1S/C24H36N6O2.HI/c1-4-21-20(22(5-2)32-29-21)14-28-24(26-3)27-13-17-8-6-9-18(12-17)15-30-11-7-10-19(16-30)23(25)31;/h6,8-9,12,19H,4-5,7,10-11,13-16H2,1-3H3,(H2,25,31)(H2,26,27,28);1H. The lowest BCUT2D eigenvalue weighted by atomic mass is 9.97. The van der Waals surface area contributed by atoms with E-state index in [2.05, 4.69) is 63.8 Å². The molecule has 2 aromatic rings. The summed E-state index contributed by atoms with van der Waals surface area (Å²) < 4.78 is 5.45. The van der Waals surface area contributed by atoms with Crippen LogP contribution in [0.2, 0.25) is 0 Å². The van der Waals surface area contributed by atoms with E-state index in [4.69, 9.17) is 10.3 Å². The molecule has 1 atom stereocenters. The molecule has 0 aliphatic carbocycles. The maximum Gasteiger partial charge on any atom is 0.221 e. The zero-order valence-electron chi connectivity index (χ0n) is 19.9. The van der Waals surface area contributed by atoms with Crippen molar-refractivity contribution in [3.63, 3.8) is 0 Å². The van der Waals surface area contributed by atoms with Crippen molar-refractivity contribution in [3.8, 4) is 0 Å². The molecule has 9 heteroatoms. The lowest BCUT2D eigenvalue weighted by molar-refractivity contribution is -0.123. The minimum Gasteiger partial charge on any atom is -0.369 e. The van der Waals surface area contributed by atoms with E-state index >= 15 is 0 Å². The topological polar surface area (TPSA) is 109 Å². The summed E-state index contributed by atoms with van der Waals surface area (Å²) in [7, 11) is 1.77. The molecule has 1 aromatic carbocycles. The van der Waals surface area contributed by atoms with Gasteiger partial charge in [-0.05, 0) is 36.9 Å². The first-order chi connectivity index (χ1) is 15.5. The van der Waals surface area contributed by atoms with Gasteiger partial charge in [-0.1, -0.05) is 43.3 Å². The summed E-state index contributed by atoms with van der Waals surface area (Å²) in [4.78, 5) is 18.2. The summed E-state index contributed by atoms with van der Waals surface area (Å²) in [5.41, 5.74) is 10.1. The zero-order valence-corrected chi connectivity index (χ0v) is 22.2. The molecule has 0 bridgehead atoms. The molecule has 1 amide bonds. The lowest BCUT2D eigenvalue weighted by Crippen LogP contribution is -2.40. The maximum absolute atomic E-state index is 11.5. The summed E-state index contributed by atoms with van der Waals surface area (Å²) in [6.07, 6.45) is 3.58. The van der Waals surface area contributed by atoms with Gasteiger partial charge in [0, 0.05) is 45.2 Å². The largest absolute Gasteiger partial charge is 0.369 e. The Morgan fingerprint density at radius 3 is 2.70 bits per heavy atom. The average molecular weight is 569 g/mol. The second-order valence-corrected chi connectivity index (χ2v) is 8.31. The second-order valence-electron chi connectivity index (χ2n) is 8.31. The van der Waals surface area contributed by atoms with Gasteiger partial charge >= 0.3 is 0 Å². The third-order valence-electron chi connectivity index (χ3n) is 6.03. The minimum absolute atomic E-state index is 0. The van der Waals surface area contributed by atoms with Gasteiger partial charge in [0.15, 0.2) is 5.96 Å². The second kappa shape index (κ2) is 13.5. The number of aliphatic imine (C=N–C) groups is 1. The highest BCUT2D eigenvalue weighted by atomic mass is 127. The van der Waals surface area contributed by atoms with E-state index in [-0.39, 0.29) is 35.8 Å². The zero-order chi connectivity index (χ0) is 22.9. The first-order valence-electron chi connectivity index (χ1n) is 11.5. The van der Waals surface area contributed by atoms with Gasteiger partial charge in [-0.2, -0.15) is 0 Å². The number of guanidine groups is 1. The number of carbonyl (C=O) groups excluding carboxylic acids is 1. The summed E-state index contributed by atoms with van der Waals surface area (Å²) in [6, 6.07) is 8.53. The van der Waals surface area contributed by atoms with Crippen molar-refractivity contribution in [3.05, 3.63) is 52.4 Å². The van der Waals surface area contributed by atoms with Crippen LogP contribution >= 0.6 is 24.0 Å². The van der Waals surface area contributed by atoms with E-state index < -0.39 is 0 Å². The number of hydrogen-bond donors (Lipinski definition) is 3. The van der Waals surface area contributed by atoms with Crippen LogP contribution in [0, 0.1) is 5.92 Å². The smallest absolute Gasteiger partial charge is 0.221 e. The van der Waals surface area contributed by atoms with E-state index in [9.17, 15) is 4.79 Å². The molecule has 3 rings (SSSR count). The summed E-state index contributed by atoms with van der Waals surface area (Å²) in [5.74, 6) is 1.44. The van der Waals surface area contributed by atoms with Crippen LogP contribution in [-0.4, -0.2) is 42.1 Å². The van der Waals surface area contributed by atoms with Gasteiger partial charge in [0.2, 0.25) is 5.91 Å². The van der Waals surface area contributed by atoms with Gasteiger partial charge in [-0.15, -0.1) is 24.0 Å². The van der Waals surface area contributed by atoms with Crippen LogP contribution in [0.1, 0.15) is 54.8 Å². The molecular formula is C24H37IN6O2. The molecule has 0 saturated carbocycles. The number of piperidine rings is 1. The van der Waals surface area contributed by atoms with Crippen molar-refractivity contribution in [2.45, 2.75) is 59.2 Å². The Bertz CT molecular complexity index is 908. The number of halogens is 1. The molecule has 182 valence electrons. The molecule has 0 spiro atoms. The number of carbonyl (C=O) groups is 1. The normalized spacial score (nSPS) is 16.8. The number of benzene rings is 1. The number of hydrogen-bond acceptors (Lipinski definition) is 5. The third-order valence-corrected chi connectivity index (χ3v) is 6.03.